The molecule has 0 aliphatic heterocycles. The third-order valence-corrected chi connectivity index (χ3v) is 3.01. The number of benzene rings is 1. The summed E-state index contributed by atoms with van der Waals surface area (Å²) in [6, 6.07) is 10.5. The fourth-order valence-electron chi connectivity index (χ4n) is 1.58. The molecule has 1 aromatic heterocycles. The Hall–Kier alpha value is -2.39. The van der Waals surface area contributed by atoms with Gasteiger partial charge in [0.05, 0.1) is 30.9 Å². The van der Waals surface area contributed by atoms with Crippen LogP contribution in [-0.2, 0) is 4.79 Å². The maximum absolute atomic E-state index is 11.7. The Kier molecular flexibility index (Phi) is 5.29. The molecule has 1 aromatic carbocycles. The zero-order valence-corrected chi connectivity index (χ0v) is 12.6. The van der Waals surface area contributed by atoms with Crippen LogP contribution in [0.2, 0.25) is 0 Å². The maximum atomic E-state index is 11.7. The number of hydrogen-bond donors (Lipinski definition) is 1. The van der Waals surface area contributed by atoms with Gasteiger partial charge in [-0.3, -0.25) is 9.78 Å². The van der Waals surface area contributed by atoms with Crippen molar-refractivity contribution in [2.45, 2.75) is 6.42 Å². The zero-order chi connectivity index (χ0) is 15.1. The number of aromatic nitrogens is 1. The average molecular weight is 346 g/mol. The van der Waals surface area contributed by atoms with Crippen LogP contribution in [0.15, 0.2) is 47.2 Å². The number of carbonyl (C=O) groups excluding carboxylic acids is 1. The molecule has 106 valence electrons. The number of amides is 1. The summed E-state index contributed by atoms with van der Waals surface area (Å²) in [6.07, 6.45) is 3.47. The van der Waals surface area contributed by atoms with E-state index in [1.165, 1.54) is 0 Å². The second-order valence-corrected chi connectivity index (χ2v) is 5.09. The summed E-state index contributed by atoms with van der Waals surface area (Å²) in [6.45, 7) is 0.264. The molecule has 2 rings (SSSR count). The van der Waals surface area contributed by atoms with Crippen molar-refractivity contribution in [3.05, 3.63) is 52.8 Å². The van der Waals surface area contributed by atoms with Gasteiger partial charge in [-0.25, -0.2) is 0 Å². The van der Waals surface area contributed by atoms with Gasteiger partial charge in [-0.05, 0) is 46.3 Å². The topological polar surface area (TPSA) is 75.0 Å². The van der Waals surface area contributed by atoms with Gasteiger partial charge in [0.1, 0.15) is 5.75 Å². The summed E-state index contributed by atoms with van der Waals surface area (Å²) < 4.78 is 6.26. The molecular weight excluding hydrogens is 334 g/mol. The molecule has 0 saturated heterocycles. The Morgan fingerprint density at radius 2 is 2.10 bits per heavy atom. The van der Waals surface area contributed by atoms with Crippen molar-refractivity contribution in [1.82, 2.24) is 4.98 Å². The lowest BCUT2D eigenvalue weighted by Gasteiger charge is -2.07. The van der Waals surface area contributed by atoms with Crippen molar-refractivity contribution in [3.8, 4) is 11.8 Å². The molecule has 0 saturated carbocycles. The maximum Gasteiger partial charge on any atom is 0.227 e. The van der Waals surface area contributed by atoms with E-state index in [-0.39, 0.29) is 18.9 Å². The van der Waals surface area contributed by atoms with Crippen LogP contribution in [0.25, 0.3) is 0 Å². The third kappa shape index (κ3) is 4.89. The first-order valence-corrected chi connectivity index (χ1v) is 7.00. The van der Waals surface area contributed by atoms with E-state index in [4.69, 9.17) is 10.00 Å². The van der Waals surface area contributed by atoms with E-state index in [1.807, 2.05) is 6.07 Å². The third-order valence-electron chi connectivity index (χ3n) is 2.58. The molecule has 0 aliphatic carbocycles. The van der Waals surface area contributed by atoms with Crippen LogP contribution in [0.4, 0.5) is 5.69 Å². The van der Waals surface area contributed by atoms with Gasteiger partial charge in [0.25, 0.3) is 0 Å². The second kappa shape index (κ2) is 7.41. The van der Waals surface area contributed by atoms with Crippen LogP contribution in [0.1, 0.15) is 12.0 Å². The van der Waals surface area contributed by atoms with Gasteiger partial charge in [-0.15, -0.1) is 0 Å². The first kappa shape index (κ1) is 15.0. The molecule has 0 radical (unpaired) electrons. The molecule has 1 amide bonds. The lowest BCUT2D eigenvalue weighted by Crippen LogP contribution is -2.15. The van der Waals surface area contributed by atoms with Crippen LogP contribution in [0, 0.1) is 11.3 Å². The minimum absolute atomic E-state index is 0.150. The lowest BCUT2D eigenvalue weighted by molar-refractivity contribution is -0.116. The van der Waals surface area contributed by atoms with E-state index in [0.717, 1.165) is 4.47 Å². The van der Waals surface area contributed by atoms with E-state index in [0.29, 0.717) is 17.0 Å². The van der Waals surface area contributed by atoms with Crippen LogP contribution in [0.5, 0.6) is 5.75 Å². The highest BCUT2D eigenvalue weighted by Gasteiger charge is 2.03. The van der Waals surface area contributed by atoms with Crippen molar-refractivity contribution in [1.29, 1.82) is 5.26 Å². The van der Waals surface area contributed by atoms with E-state index >= 15 is 0 Å². The van der Waals surface area contributed by atoms with E-state index in [2.05, 4.69) is 26.2 Å². The number of ether oxygens (including phenoxy) is 1. The monoisotopic (exact) mass is 345 g/mol. The predicted octanol–water partition coefficient (Wildman–Crippen LogP) is 3.12. The minimum Gasteiger partial charge on any atom is -0.491 e. The molecule has 6 heteroatoms. The highest BCUT2D eigenvalue weighted by molar-refractivity contribution is 9.10. The number of pyridine rings is 1. The lowest BCUT2D eigenvalue weighted by atomic mass is 10.2. The highest BCUT2D eigenvalue weighted by atomic mass is 79.9. The molecule has 1 heterocycles. The number of rotatable bonds is 5. The first-order chi connectivity index (χ1) is 10.2. The molecule has 0 atom stereocenters. The Morgan fingerprint density at radius 1 is 1.33 bits per heavy atom. The van der Waals surface area contributed by atoms with Gasteiger partial charge in [0.2, 0.25) is 5.91 Å². The van der Waals surface area contributed by atoms with Crippen LogP contribution >= 0.6 is 15.9 Å². The van der Waals surface area contributed by atoms with E-state index < -0.39 is 0 Å². The van der Waals surface area contributed by atoms with Crippen molar-refractivity contribution in [3.63, 3.8) is 0 Å². The molecule has 5 nitrogen and oxygen atoms in total. The fourth-order valence-corrected chi connectivity index (χ4v) is 1.93. The van der Waals surface area contributed by atoms with Crippen LogP contribution in [0.3, 0.4) is 0 Å². The summed E-state index contributed by atoms with van der Waals surface area (Å²) >= 11 is 3.29. The zero-order valence-electron chi connectivity index (χ0n) is 11.0. The van der Waals surface area contributed by atoms with Crippen molar-refractivity contribution < 1.29 is 9.53 Å². The smallest absolute Gasteiger partial charge is 0.227 e. The van der Waals surface area contributed by atoms with Gasteiger partial charge in [-0.1, -0.05) is 0 Å². The van der Waals surface area contributed by atoms with Crippen molar-refractivity contribution in [2.75, 3.05) is 11.9 Å². The van der Waals surface area contributed by atoms with Crippen molar-refractivity contribution >= 4 is 27.5 Å². The average Bonchev–Trinajstić information content (AvgIpc) is 2.48. The minimum atomic E-state index is -0.150. The van der Waals surface area contributed by atoms with Gasteiger partial charge in [0.15, 0.2) is 0 Å². The fraction of sp³-hybridized carbons (Fsp3) is 0.133. The Morgan fingerprint density at radius 3 is 2.76 bits per heavy atom. The highest BCUT2D eigenvalue weighted by Crippen LogP contribution is 2.16. The Balaban J connectivity index is 1.78. The molecular formula is C15H12BrN3O2. The number of carbonyl (C=O) groups is 1. The van der Waals surface area contributed by atoms with Gasteiger partial charge >= 0.3 is 0 Å². The molecule has 2 aromatic rings. The summed E-state index contributed by atoms with van der Waals surface area (Å²) in [4.78, 5) is 15.7. The van der Waals surface area contributed by atoms with Gasteiger partial charge in [-0.2, -0.15) is 5.26 Å². The molecule has 0 spiro atoms. The predicted molar refractivity (Wildman–Crippen MR) is 81.8 cm³/mol. The van der Waals surface area contributed by atoms with E-state index in [9.17, 15) is 4.79 Å². The Bertz CT molecular complexity index is 665. The number of nitriles is 1. The Labute approximate surface area is 130 Å². The summed E-state index contributed by atoms with van der Waals surface area (Å²) in [7, 11) is 0. The van der Waals surface area contributed by atoms with Crippen molar-refractivity contribution in [2.24, 2.45) is 0 Å². The number of halogens is 1. The summed E-state index contributed by atoms with van der Waals surface area (Å²) in [5, 5.41) is 11.4. The molecule has 0 fully saturated rings. The number of anilines is 1. The van der Waals surface area contributed by atoms with Gasteiger partial charge < -0.3 is 10.1 Å². The molecule has 0 bridgehead atoms. The summed E-state index contributed by atoms with van der Waals surface area (Å²) in [5.74, 6) is 0.457. The second-order valence-electron chi connectivity index (χ2n) is 4.17. The standard InChI is InChI=1S/C15H12BrN3O2/c16-12-7-14(10-18-9-12)21-6-5-15(20)19-13-3-1-11(8-17)2-4-13/h1-4,7,9-10H,5-6H2,(H,19,20). The first-order valence-electron chi connectivity index (χ1n) is 6.21. The quantitative estimate of drug-likeness (QED) is 0.903. The SMILES string of the molecule is N#Cc1ccc(NC(=O)CCOc2cncc(Br)c2)cc1. The van der Waals surface area contributed by atoms with E-state index in [1.54, 1.807) is 42.7 Å². The van der Waals surface area contributed by atoms with Gasteiger partial charge in [0, 0.05) is 16.4 Å². The molecule has 0 aliphatic rings. The number of nitrogens with zero attached hydrogens (tertiary/aromatic N) is 2. The normalized spacial score (nSPS) is 9.71. The molecule has 0 unspecified atom stereocenters. The summed E-state index contributed by atoms with van der Waals surface area (Å²) in [5.41, 5.74) is 1.21. The van der Waals surface area contributed by atoms with Crippen LogP contribution < -0.4 is 10.1 Å². The number of nitrogens with one attached hydrogen (secondary N) is 1. The molecule has 21 heavy (non-hydrogen) atoms. The van der Waals surface area contributed by atoms with Crippen LogP contribution in [-0.4, -0.2) is 17.5 Å². The largest absolute Gasteiger partial charge is 0.491 e. The molecule has 1 N–H and O–H groups in total. The number of hydrogen-bond acceptors (Lipinski definition) is 4.